The van der Waals surface area contributed by atoms with Gasteiger partial charge in [-0.05, 0) is 24.6 Å². The Morgan fingerprint density at radius 2 is 2.14 bits per heavy atom. The van der Waals surface area contributed by atoms with E-state index in [0.717, 1.165) is 5.56 Å². The molecule has 0 aliphatic carbocycles. The first kappa shape index (κ1) is 14.5. The Bertz CT molecular complexity index is 667. The summed E-state index contributed by atoms with van der Waals surface area (Å²) < 4.78 is 5.25. The second-order valence-electron chi connectivity index (χ2n) is 4.38. The van der Waals surface area contributed by atoms with Gasteiger partial charge in [-0.3, -0.25) is 0 Å². The predicted molar refractivity (Wildman–Crippen MR) is 78.7 cm³/mol. The van der Waals surface area contributed by atoms with Gasteiger partial charge in [-0.15, -0.1) is 0 Å². The second-order valence-corrected chi connectivity index (χ2v) is 4.38. The number of ether oxygens (including phenoxy) is 1. The van der Waals surface area contributed by atoms with Gasteiger partial charge in [0.2, 0.25) is 11.9 Å². The molecule has 2 rings (SSSR count). The van der Waals surface area contributed by atoms with Crippen molar-refractivity contribution in [2.75, 3.05) is 24.3 Å². The third kappa shape index (κ3) is 3.79. The van der Waals surface area contributed by atoms with Crippen molar-refractivity contribution in [2.24, 2.45) is 0 Å². The van der Waals surface area contributed by atoms with E-state index in [2.05, 4.69) is 21.0 Å². The van der Waals surface area contributed by atoms with Gasteiger partial charge < -0.3 is 15.4 Å². The van der Waals surface area contributed by atoms with Crippen molar-refractivity contribution in [3.05, 3.63) is 35.4 Å². The van der Waals surface area contributed by atoms with Crippen LogP contribution in [-0.2, 0) is 6.54 Å². The highest BCUT2D eigenvalue weighted by molar-refractivity contribution is 5.38. The monoisotopic (exact) mass is 284 g/mol. The van der Waals surface area contributed by atoms with Crippen molar-refractivity contribution in [1.29, 1.82) is 5.26 Å². The van der Waals surface area contributed by atoms with Crippen molar-refractivity contribution < 1.29 is 4.74 Å². The lowest BCUT2D eigenvalue weighted by molar-refractivity contribution is 0.312. The van der Waals surface area contributed by atoms with Crippen LogP contribution in [-0.4, -0.2) is 28.6 Å². The van der Waals surface area contributed by atoms with Crippen LogP contribution < -0.4 is 15.4 Å². The van der Waals surface area contributed by atoms with Gasteiger partial charge in [0, 0.05) is 13.6 Å². The third-order valence-electron chi connectivity index (χ3n) is 2.71. The van der Waals surface area contributed by atoms with Gasteiger partial charge >= 0.3 is 6.01 Å². The minimum atomic E-state index is 0.112. The molecule has 0 spiro atoms. The summed E-state index contributed by atoms with van der Waals surface area (Å²) >= 11 is 0. The number of hydrogen-bond acceptors (Lipinski definition) is 7. The van der Waals surface area contributed by atoms with Crippen LogP contribution in [0.1, 0.15) is 18.1 Å². The topological polar surface area (TPSA) is 101 Å². The van der Waals surface area contributed by atoms with Crippen molar-refractivity contribution in [2.45, 2.75) is 13.5 Å². The average molecular weight is 284 g/mol. The number of nitrogen functional groups attached to an aromatic ring is 1. The number of hydrogen-bond donors (Lipinski definition) is 1. The molecule has 0 saturated carbocycles. The predicted octanol–water partition coefficient (Wildman–Crippen LogP) is 1.36. The molecule has 0 fully saturated rings. The van der Waals surface area contributed by atoms with Gasteiger partial charge in [-0.25, -0.2) is 0 Å². The highest BCUT2D eigenvalue weighted by atomic mass is 16.5. The zero-order chi connectivity index (χ0) is 15.2. The first-order valence-electron chi connectivity index (χ1n) is 6.47. The molecule has 1 aromatic carbocycles. The van der Waals surface area contributed by atoms with Gasteiger partial charge in [-0.1, -0.05) is 12.1 Å². The molecule has 0 aliphatic heterocycles. The fourth-order valence-corrected chi connectivity index (χ4v) is 1.81. The van der Waals surface area contributed by atoms with E-state index in [1.54, 1.807) is 6.07 Å². The van der Waals surface area contributed by atoms with Crippen molar-refractivity contribution in [1.82, 2.24) is 15.0 Å². The Balaban J connectivity index is 2.19. The Labute approximate surface area is 123 Å². The van der Waals surface area contributed by atoms with Crippen LogP contribution in [0.5, 0.6) is 6.01 Å². The molecule has 0 amide bonds. The Morgan fingerprint density at radius 3 is 2.86 bits per heavy atom. The molecular formula is C14H16N6O. The van der Waals surface area contributed by atoms with Gasteiger partial charge in [0.15, 0.2) is 0 Å². The van der Waals surface area contributed by atoms with Crippen LogP contribution in [0.15, 0.2) is 24.3 Å². The summed E-state index contributed by atoms with van der Waals surface area (Å²) in [5.41, 5.74) is 7.25. The summed E-state index contributed by atoms with van der Waals surface area (Å²) in [6, 6.07) is 9.69. The molecule has 1 aromatic heterocycles. The lowest BCUT2D eigenvalue weighted by atomic mass is 10.1. The van der Waals surface area contributed by atoms with Crippen molar-refractivity contribution >= 4 is 11.9 Å². The van der Waals surface area contributed by atoms with Gasteiger partial charge in [-0.2, -0.15) is 20.2 Å². The van der Waals surface area contributed by atoms with Crippen LogP contribution in [0.4, 0.5) is 11.9 Å². The smallest absolute Gasteiger partial charge is 0.323 e. The zero-order valence-corrected chi connectivity index (χ0v) is 11.9. The minimum Gasteiger partial charge on any atom is -0.464 e. The van der Waals surface area contributed by atoms with Gasteiger partial charge in [0.25, 0.3) is 0 Å². The van der Waals surface area contributed by atoms with Crippen molar-refractivity contribution in [3.63, 3.8) is 0 Å². The zero-order valence-electron chi connectivity index (χ0n) is 11.9. The fraction of sp³-hybridized carbons (Fsp3) is 0.286. The molecule has 2 N–H and O–H groups in total. The molecule has 0 bridgehead atoms. The molecule has 0 saturated heterocycles. The van der Waals surface area contributed by atoms with Gasteiger partial charge in [0.05, 0.1) is 18.2 Å². The molecule has 2 aromatic rings. The van der Waals surface area contributed by atoms with E-state index < -0.39 is 0 Å². The van der Waals surface area contributed by atoms with Crippen LogP contribution in [0.3, 0.4) is 0 Å². The number of rotatable bonds is 5. The van der Waals surface area contributed by atoms with Crippen molar-refractivity contribution in [3.8, 4) is 12.1 Å². The van der Waals surface area contributed by atoms with E-state index in [0.29, 0.717) is 24.7 Å². The van der Waals surface area contributed by atoms with E-state index in [9.17, 15) is 0 Å². The first-order valence-corrected chi connectivity index (χ1v) is 6.47. The average Bonchev–Trinajstić information content (AvgIpc) is 2.47. The molecule has 7 heteroatoms. The van der Waals surface area contributed by atoms with Crippen LogP contribution >= 0.6 is 0 Å². The summed E-state index contributed by atoms with van der Waals surface area (Å²) in [5.74, 6) is 0.536. The van der Waals surface area contributed by atoms with E-state index in [-0.39, 0.29) is 12.0 Å². The summed E-state index contributed by atoms with van der Waals surface area (Å²) in [7, 11) is 1.84. The highest BCUT2D eigenvalue weighted by Gasteiger charge is 2.10. The maximum absolute atomic E-state index is 8.92. The SMILES string of the molecule is CCOc1nc(N)nc(N(C)Cc2cccc(C#N)c2)n1. The second kappa shape index (κ2) is 6.52. The van der Waals surface area contributed by atoms with E-state index in [4.69, 9.17) is 15.7 Å². The maximum atomic E-state index is 8.92. The Kier molecular flexibility index (Phi) is 4.51. The number of benzene rings is 1. The standard InChI is InChI=1S/C14H16N6O/c1-3-21-14-18-12(16)17-13(19-14)20(2)9-11-6-4-5-10(7-11)8-15/h4-7H,3,9H2,1-2H3,(H2,16,17,18,19). The highest BCUT2D eigenvalue weighted by Crippen LogP contribution is 2.15. The maximum Gasteiger partial charge on any atom is 0.323 e. The largest absolute Gasteiger partial charge is 0.464 e. The van der Waals surface area contributed by atoms with E-state index >= 15 is 0 Å². The quantitative estimate of drug-likeness (QED) is 0.884. The molecule has 7 nitrogen and oxygen atoms in total. The molecular weight excluding hydrogens is 268 g/mol. The molecule has 108 valence electrons. The fourth-order valence-electron chi connectivity index (χ4n) is 1.81. The minimum absolute atomic E-state index is 0.112. The molecule has 0 radical (unpaired) electrons. The number of anilines is 2. The van der Waals surface area contributed by atoms with Crippen LogP contribution in [0.25, 0.3) is 0 Å². The van der Waals surface area contributed by atoms with Crippen LogP contribution in [0.2, 0.25) is 0 Å². The number of aromatic nitrogens is 3. The molecule has 1 heterocycles. The third-order valence-corrected chi connectivity index (χ3v) is 2.71. The molecule has 21 heavy (non-hydrogen) atoms. The van der Waals surface area contributed by atoms with E-state index in [1.807, 2.05) is 37.1 Å². The summed E-state index contributed by atoms with van der Waals surface area (Å²) in [4.78, 5) is 14.0. The summed E-state index contributed by atoms with van der Waals surface area (Å²) in [5, 5.41) is 8.92. The number of nitrogens with two attached hydrogens (primary N) is 1. The first-order chi connectivity index (χ1) is 10.1. The van der Waals surface area contributed by atoms with E-state index in [1.165, 1.54) is 0 Å². The summed E-state index contributed by atoms with van der Waals surface area (Å²) in [6.07, 6.45) is 0. The Morgan fingerprint density at radius 1 is 1.33 bits per heavy atom. The number of nitriles is 1. The lowest BCUT2D eigenvalue weighted by Gasteiger charge is -2.17. The molecule has 0 unspecified atom stereocenters. The van der Waals surface area contributed by atoms with Crippen LogP contribution in [0, 0.1) is 11.3 Å². The lowest BCUT2D eigenvalue weighted by Crippen LogP contribution is -2.20. The molecule has 0 aliphatic rings. The van der Waals surface area contributed by atoms with Gasteiger partial charge in [0.1, 0.15) is 0 Å². The Hall–Kier alpha value is -2.88. The molecule has 0 atom stereocenters. The number of nitrogens with zero attached hydrogens (tertiary/aromatic N) is 5. The normalized spacial score (nSPS) is 9.95. The summed E-state index contributed by atoms with van der Waals surface area (Å²) in [6.45, 7) is 2.85.